The van der Waals surface area contributed by atoms with Crippen molar-refractivity contribution in [2.75, 3.05) is 7.11 Å². The average molecular weight is 284 g/mol. The molecule has 1 saturated carbocycles. The first kappa shape index (κ1) is 11.5. The molecule has 1 fully saturated rings. The van der Waals surface area contributed by atoms with E-state index in [0.717, 1.165) is 17.3 Å². The van der Waals surface area contributed by atoms with Gasteiger partial charge in [-0.05, 0) is 37.5 Å². The maximum Gasteiger partial charge on any atom is 0.255 e. The average Bonchev–Trinajstić information content (AvgIpc) is 2.23. The fourth-order valence-corrected chi connectivity index (χ4v) is 2.01. The summed E-state index contributed by atoms with van der Waals surface area (Å²) in [5.74, 6) is 0.556. The standard InChI is InChI=1S/C12H14BrNO2/c1-16-11-7-8(13)5-6-10(11)12(15)14-9-3-2-4-9/h5-7,9H,2-4H2,1H3,(H,14,15). The molecule has 2 rings (SSSR count). The second kappa shape index (κ2) is 4.87. The first-order chi connectivity index (χ1) is 7.70. The summed E-state index contributed by atoms with van der Waals surface area (Å²) in [7, 11) is 1.57. The molecule has 86 valence electrons. The largest absolute Gasteiger partial charge is 0.496 e. The summed E-state index contributed by atoms with van der Waals surface area (Å²) in [5.41, 5.74) is 0.595. The molecule has 1 amide bonds. The van der Waals surface area contributed by atoms with Crippen molar-refractivity contribution >= 4 is 21.8 Å². The zero-order valence-corrected chi connectivity index (χ0v) is 10.7. The van der Waals surface area contributed by atoms with Gasteiger partial charge in [0.2, 0.25) is 0 Å². The maximum absolute atomic E-state index is 11.9. The van der Waals surface area contributed by atoms with Crippen LogP contribution in [-0.4, -0.2) is 19.1 Å². The Bertz CT molecular complexity index is 402. The van der Waals surface area contributed by atoms with E-state index in [-0.39, 0.29) is 5.91 Å². The molecule has 1 aliphatic rings. The lowest BCUT2D eigenvalue weighted by molar-refractivity contribution is 0.0914. The molecule has 0 bridgehead atoms. The highest BCUT2D eigenvalue weighted by Crippen LogP contribution is 2.25. The Labute approximate surface area is 103 Å². The van der Waals surface area contributed by atoms with Gasteiger partial charge in [-0.25, -0.2) is 0 Å². The van der Waals surface area contributed by atoms with Crippen LogP contribution in [-0.2, 0) is 0 Å². The molecule has 1 aromatic rings. The molecule has 0 spiro atoms. The van der Waals surface area contributed by atoms with Gasteiger partial charge < -0.3 is 10.1 Å². The number of methoxy groups -OCH3 is 1. The molecule has 16 heavy (non-hydrogen) atoms. The van der Waals surface area contributed by atoms with Gasteiger partial charge in [0.1, 0.15) is 5.75 Å². The molecule has 0 atom stereocenters. The van der Waals surface area contributed by atoms with E-state index in [4.69, 9.17) is 4.74 Å². The first-order valence-corrected chi connectivity index (χ1v) is 6.14. The number of carbonyl (C=O) groups is 1. The van der Waals surface area contributed by atoms with Crippen molar-refractivity contribution in [2.24, 2.45) is 0 Å². The van der Waals surface area contributed by atoms with Gasteiger partial charge in [0.25, 0.3) is 5.91 Å². The smallest absolute Gasteiger partial charge is 0.255 e. The summed E-state index contributed by atoms with van der Waals surface area (Å²) in [4.78, 5) is 11.9. The summed E-state index contributed by atoms with van der Waals surface area (Å²) in [6.07, 6.45) is 3.39. The van der Waals surface area contributed by atoms with Crippen molar-refractivity contribution < 1.29 is 9.53 Å². The van der Waals surface area contributed by atoms with Crippen molar-refractivity contribution in [1.29, 1.82) is 0 Å². The third-order valence-corrected chi connectivity index (χ3v) is 3.34. The lowest BCUT2D eigenvalue weighted by atomic mass is 9.93. The van der Waals surface area contributed by atoms with E-state index in [1.54, 1.807) is 19.2 Å². The van der Waals surface area contributed by atoms with Gasteiger partial charge in [-0.15, -0.1) is 0 Å². The van der Waals surface area contributed by atoms with Crippen molar-refractivity contribution in [3.05, 3.63) is 28.2 Å². The molecule has 1 aromatic carbocycles. The molecule has 1 N–H and O–H groups in total. The van der Waals surface area contributed by atoms with Gasteiger partial charge in [0.15, 0.2) is 0 Å². The highest BCUT2D eigenvalue weighted by molar-refractivity contribution is 9.10. The summed E-state index contributed by atoms with van der Waals surface area (Å²) in [5, 5.41) is 2.99. The summed E-state index contributed by atoms with van der Waals surface area (Å²) in [6.45, 7) is 0. The summed E-state index contributed by atoms with van der Waals surface area (Å²) < 4.78 is 6.10. The highest BCUT2D eigenvalue weighted by Gasteiger charge is 2.21. The molecule has 0 heterocycles. The second-order valence-corrected chi connectivity index (χ2v) is 4.86. The number of hydrogen-bond acceptors (Lipinski definition) is 2. The minimum absolute atomic E-state index is 0.0472. The number of halogens is 1. The molecule has 0 aliphatic heterocycles. The van der Waals surface area contributed by atoms with E-state index in [1.165, 1.54) is 6.42 Å². The lowest BCUT2D eigenvalue weighted by Crippen LogP contribution is -2.39. The Morgan fingerprint density at radius 2 is 2.25 bits per heavy atom. The van der Waals surface area contributed by atoms with Crippen LogP contribution in [0.25, 0.3) is 0 Å². The van der Waals surface area contributed by atoms with E-state index in [1.807, 2.05) is 6.07 Å². The number of nitrogens with one attached hydrogen (secondary N) is 1. The molecule has 0 aromatic heterocycles. The zero-order valence-electron chi connectivity index (χ0n) is 9.13. The van der Waals surface area contributed by atoms with Gasteiger partial charge in [0, 0.05) is 10.5 Å². The Hall–Kier alpha value is -1.03. The summed E-state index contributed by atoms with van der Waals surface area (Å²) in [6, 6.07) is 5.77. The van der Waals surface area contributed by atoms with Crippen molar-refractivity contribution in [1.82, 2.24) is 5.32 Å². The Kier molecular flexibility index (Phi) is 3.49. The molecule has 0 saturated heterocycles. The number of ether oxygens (including phenoxy) is 1. The van der Waals surface area contributed by atoms with Gasteiger partial charge in [0.05, 0.1) is 12.7 Å². The predicted octanol–water partition coefficient (Wildman–Crippen LogP) is 2.74. The van der Waals surface area contributed by atoms with Crippen LogP contribution < -0.4 is 10.1 Å². The van der Waals surface area contributed by atoms with Gasteiger partial charge in [-0.2, -0.15) is 0 Å². The lowest BCUT2D eigenvalue weighted by Gasteiger charge is -2.26. The number of benzene rings is 1. The Morgan fingerprint density at radius 3 is 2.81 bits per heavy atom. The number of rotatable bonds is 3. The Balaban J connectivity index is 2.14. The fourth-order valence-electron chi connectivity index (χ4n) is 1.67. The SMILES string of the molecule is COc1cc(Br)ccc1C(=O)NC1CCC1. The molecule has 0 unspecified atom stereocenters. The van der Waals surface area contributed by atoms with Crippen LogP contribution in [0.15, 0.2) is 22.7 Å². The number of carbonyl (C=O) groups excluding carboxylic acids is 1. The van der Waals surface area contributed by atoms with E-state index >= 15 is 0 Å². The first-order valence-electron chi connectivity index (χ1n) is 5.35. The molecule has 4 heteroatoms. The van der Waals surface area contributed by atoms with Crippen LogP contribution in [0.1, 0.15) is 29.6 Å². The van der Waals surface area contributed by atoms with Crippen molar-refractivity contribution in [3.8, 4) is 5.75 Å². The van der Waals surface area contributed by atoms with Crippen LogP contribution >= 0.6 is 15.9 Å². The van der Waals surface area contributed by atoms with Crippen molar-refractivity contribution in [3.63, 3.8) is 0 Å². The third kappa shape index (κ3) is 2.38. The predicted molar refractivity (Wildman–Crippen MR) is 65.8 cm³/mol. The topological polar surface area (TPSA) is 38.3 Å². The fraction of sp³-hybridized carbons (Fsp3) is 0.417. The molecule has 0 radical (unpaired) electrons. The zero-order chi connectivity index (χ0) is 11.5. The van der Waals surface area contributed by atoms with Gasteiger partial charge >= 0.3 is 0 Å². The molecular weight excluding hydrogens is 270 g/mol. The molecule has 1 aliphatic carbocycles. The van der Waals surface area contributed by atoms with E-state index in [0.29, 0.717) is 17.4 Å². The van der Waals surface area contributed by atoms with Gasteiger partial charge in [-0.3, -0.25) is 4.79 Å². The minimum atomic E-state index is -0.0472. The quantitative estimate of drug-likeness (QED) is 0.926. The van der Waals surface area contributed by atoms with Crippen molar-refractivity contribution in [2.45, 2.75) is 25.3 Å². The van der Waals surface area contributed by atoms with Crippen LogP contribution in [0, 0.1) is 0 Å². The van der Waals surface area contributed by atoms with Crippen LogP contribution in [0.3, 0.4) is 0 Å². The van der Waals surface area contributed by atoms with Crippen LogP contribution in [0.2, 0.25) is 0 Å². The highest BCUT2D eigenvalue weighted by atomic mass is 79.9. The van der Waals surface area contributed by atoms with Crippen LogP contribution in [0.5, 0.6) is 5.75 Å². The minimum Gasteiger partial charge on any atom is -0.496 e. The molecular formula is C12H14BrNO2. The van der Waals surface area contributed by atoms with Gasteiger partial charge in [-0.1, -0.05) is 15.9 Å². The maximum atomic E-state index is 11.9. The Morgan fingerprint density at radius 1 is 1.50 bits per heavy atom. The van der Waals surface area contributed by atoms with Crippen LogP contribution in [0.4, 0.5) is 0 Å². The van der Waals surface area contributed by atoms with E-state index in [9.17, 15) is 4.79 Å². The van der Waals surface area contributed by atoms with E-state index in [2.05, 4.69) is 21.2 Å². The normalized spacial score (nSPS) is 15.4. The number of amides is 1. The monoisotopic (exact) mass is 283 g/mol. The summed E-state index contributed by atoms with van der Waals surface area (Å²) >= 11 is 3.35. The third-order valence-electron chi connectivity index (χ3n) is 2.85. The second-order valence-electron chi connectivity index (χ2n) is 3.95. The molecule has 3 nitrogen and oxygen atoms in total. The number of hydrogen-bond donors (Lipinski definition) is 1. The van der Waals surface area contributed by atoms with E-state index < -0.39 is 0 Å².